The molecule has 1 rings (SSSR count). The van der Waals surface area contributed by atoms with Crippen molar-refractivity contribution in [3.05, 3.63) is 0 Å². The summed E-state index contributed by atoms with van der Waals surface area (Å²) in [4.78, 5) is 26.3. The first-order valence-corrected chi connectivity index (χ1v) is 7.74. The van der Waals surface area contributed by atoms with Gasteiger partial charge in [-0.3, -0.25) is 14.5 Å². The highest BCUT2D eigenvalue weighted by atomic mass is 32.2. The van der Waals surface area contributed by atoms with Crippen LogP contribution in [0.2, 0.25) is 0 Å². The van der Waals surface area contributed by atoms with Gasteiger partial charge < -0.3 is 4.74 Å². The van der Waals surface area contributed by atoms with E-state index in [9.17, 15) is 9.59 Å². The van der Waals surface area contributed by atoms with Gasteiger partial charge >= 0.3 is 5.97 Å². The molecule has 0 aromatic carbocycles. The number of esters is 1. The topological polar surface area (TPSA) is 46.6 Å². The van der Waals surface area contributed by atoms with Crippen LogP contribution in [0.15, 0.2) is 0 Å². The predicted octanol–water partition coefficient (Wildman–Crippen LogP) is 1.97. The molecule has 0 saturated carbocycles. The van der Waals surface area contributed by atoms with E-state index >= 15 is 0 Å². The van der Waals surface area contributed by atoms with E-state index in [-0.39, 0.29) is 10.5 Å². The first kappa shape index (κ1) is 16.5. The van der Waals surface area contributed by atoms with Gasteiger partial charge in [0, 0.05) is 23.6 Å². The molecule has 0 aliphatic carbocycles. The van der Waals surface area contributed by atoms with Crippen molar-refractivity contribution in [2.24, 2.45) is 5.41 Å². The number of thioether (sulfide) groups is 1. The first-order valence-electron chi connectivity index (χ1n) is 6.76. The zero-order valence-electron chi connectivity index (χ0n) is 12.6. The summed E-state index contributed by atoms with van der Waals surface area (Å²) >= 11 is 1.93. The van der Waals surface area contributed by atoms with E-state index in [1.54, 1.807) is 20.8 Å². The summed E-state index contributed by atoms with van der Waals surface area (Å²) in [6.45, 7) is 11.8. The summed E-state index contributed by atoms with van der Waals surface area (Å²) in [5.74, 6) is 0.541. The van der Waals surface area contributed by atoms with Crippen molar-refractivity contribution >= 4 is 23.5 Å². The molecule has 0 radical (unpaired) electrons. The van der Waals surface area contributed by atoms with E-state index in [0.29, 0.717) is 13.2 Å². The summed E-state index contributed by atoms with van der Waals surface area (Å²) in [6, 6.07) is 0. The van der Waals surface area contributed by atoms with Crippen molar-refractivity contribution in [2.75, 3.05) is 32.0 Å². The Labute approximate surface area is 120 Å². The second-order valence-corrected chi connectivity index (χ2v) is 7.89. The van der Waals surface area contributed by atoms with Crippen molar-refractivity contribution in [2.45, 2.75) is 39.4 Å². The molecule has 0 unspecified atom stereocenters. The average Bonchev–Trinajstić information content (AvgIpc) is 2.27. The number of rotatable bonds is 5. The highest BCUT2D eigenvalue weighted by molar-refractivity contribution is 8.00. The maximum Gasteiger partial charge on any atom is 0.319 e. The molecule has 0 atom stereocenters. The van der Waals surface area contributed by atoms with Gasteiger partial charge in [0.15, 0.2) is 5.78 Å². The van der Waals surface area contributed by atoms with Crippen LogP contribution in [0.25, 0.3) is 0 Å². The SMILES string of the molecule is CCOC(=O)C(C)(C)C(=O)CN1CCSC(C)(C)C1. The van der Waals surface area contributed by atoms with Crippen LogP contribution < -0.4 is 0 Å². The predicted molar refractivity (Wildman–Crippen MR) is 78.4 cm³/mol. The quantitative estimate of drug-likeness (QED) is 0.571. The Kier molecular flexibility index (Phi) is 5.44. The van der Waals surface area contributed by atoms with Gasteiger partial charge in [0.2, 0.25) is 0 Å². The summed E-state index contributed by atoms with van der Waals surface area (Å²) in [5.41, 5.74) is -1.05. The molecule has 0 amide bonds. The van der Waals surface area contributed by atoms with Crippen molar-refractivity contribution < 1.29 is 14.3 Å². The molecule has 1 aliphatic rings. The molecule has 0 bridgehead atoms. The third-order valence-corrected chi connectivity index (χ3v) is 4.65. The molecule has 19 heavy (non-hydrogen) atoms. The van der Waals surface area contributed by atoms with Crippen molar-refractivity contribution in [1.82, 2.24) is 4.90 Å². The largest absolute Gasteiger partial charge is 0.465 e. The number of nitrogens with zero attached hydrogens (tertiary/aromatic N) is 1. The monoisotopic (exact) mass is 287 g/mol. The number of hydrogen-bond donors (Lipinski definition) is 0. The van der Waals surface area contributed by atoms with Crippen LogP contribution in [0.5, 0.6) is 0 Å². The molecule has 5 heteroatoms. The Hall–Kier alpha value is -0.550. The van der Waals surface area contributed by atoms with Crippen LogP contribution in [-0.2, 0) is 14.3 Å². The smallest absolute Gasteiger partial charge is 0.319 e. The van der Waals surface area contributed by atoms with Crippen molar-refractivity contribution in [3.8, 4) is 0 Å². The van der Waals surface area contributed by atoms with E-state index in [4.69, 9.17) is 4.74 Å². The zero-order valence-corrected chi connectivity index (χ0v) is 13.4. The summed E-state index contributed by atoms with van der Waals surface area (Å²) in [5, 5.41) is 0. The summed E-state index contributed by atoms with van der Waals surface area (Å²) < 4.78 is 5.15. The van der Waals surface area contributed by atoms with Gasteiger partial charge in [-0.05, 0) is 34.6 Å². The Morgan fingerprint density at radius 3 is 2.53 bits per heavy atom. The lowest BCUT2D eigenvalue weighted by molar-refractivity contribution is -0.158. The van der Waals surface area contributed by atoms with Gasteiger partial charge in [-0.25, -0.2) is 0 Å². The number of Topliss-reactive ketones (excluding diaryl/α,β-unsaturated/α-hetero) is 1. The molecule has 110 valence electrons. The molecule has 0 spiro atoms. The van der Waals surface area contributed by atoms with E-state index in [1.807, 2.05) is 11.8 Å². The highest BCUT2D eigenvalue weighted by Gasteiger charge is 2.39. The van der Waals surface area contributed by atoms with Gasteiger partial charge in [-0.1, -0.05) is 0 Å². The molecule has 1 aliphatic heterocycles. The normalized spacial score (nSPS) is 20.1. The third kappa shape index (κ3) is 4.49. The van der Waals surface area contributed by atoms with E-state index < -0.39 is 11.4 Å². The minimum Gasteiger partial charge on any atom is -0.465 e. The number of carbonyl (C=O) groups excluding carboxylic acids is 2. The molecule has 0 N–H and O–H groups in total. The van der Waals surface area contributed by atoms with Crippen LogP contribution in [-0.4, -0.2) is 53.4 Å². The van der Waals surface area contributed by atoms with Crippen LogP contribution in [0.1, 0.15) is 34.6 Å². The van der Waals surface area contributed by atoms with Crippen molar-refractivity contribution in [3.63, 3.8) is 0 Å². The maximum absolute atomic E-state index is 12.3. The number of ketones is 1. The van der Waals surface area contributed by atoms with E-state index in [1.165, 1.54) is 0 Å². The van der Waals surface area contributed by atoms with Crippen LogP contribution in [0, 0.1) is 5.41 Å². The second-order valence-electron chi connectivity index (χ2n) is 6.09. The van der Waals surface area contributed by atoms with Gasteiger partial charge in [-0.2, -0.15) is 11.8 Å². The Morgan fingerprint density at radius 2 is 2.00 bits per heavy atom. The Morgan fingerprint density at radius 1 is 1.37 bits per heavy atom. The molecule has 1 saturated heterocycles. The molecule has 0 aromatic heterocycles. The average molecular weight is 287 g/mol. The van der Waals surface area contributed by atoms with E-state index in [0.717, 1.165) is 18.8 Å². The Bertz CT molecular complexity index is 353. The maximum atomic E-state index is 12.3. The number of ether oxygens (including phenoxy) is 1. The van der Waals surface area contributed by atoms with Crippen LogP contribution in [0.4, 0.5) is 0 Å². The minimum absolute atomic E-state index is 0.0614. The number of hydrogen-bond acceptors (Lipinski definition) is 5. The van der Waals surface area contributed by atoms with Gasteiger partial charge in [0.05, 0.1) is 13.2 Å². The van der Waals surface area contributed by atoms with Gasteiger partial charge in [0.1, 0.15) is 5.41 Å². The highest BCUT2D eigenvalue weighted by Crippen LogP contribution is 2.30. The van der Waals surface area contributed by atoms with Crippen LogP contribution >= 0.6 is 11.8 Å². The summed E-state index contributed by atoms with van der Waals surface area (Å²) in [6.07, 6.45) is 0. The lowest BCUT2D eigenvalue weighted by atomic mass is 9.87. The second kappa shape index (κ2) is 6.27. The van der Waals surface area contributed by atoms with Crippen LogP contribution in [0.3, 0.4) is 0 Å². The Balaban J connectivity index is 2.61. The third-order valence-electron chi connectivity index (χ3n) is 3.35. The first-order chi connectivity index (χ1) is 8.69. The number of carbonyl (C=O) groups is 2. The molecular weight excluding hydrogens is 262 g/mol. The van der Waals surface area contributed by atoms with Gasteiger partial charge in [-0.15, -0.1) is 0 Å². The zero-order chi connectivity index (χ0) is 14.7. The van der Waals surface area contributed by atoms with Crippen molar-refractivity contribution in [1.29, 1.82) is 0 Å². The fourth-order valence-electron chi connectivity index (χ4n) is 2.08. The fourth-order valence-corrected chi connectivity index (χ4v) is 3.25. The minimum atomic E-state index is -1.05. The standard InChI is InChI=1S/C14H25NO3S/c1-6-18-12(17)14(4,5)11(16)9-15-7-8-19-13(2,3)10-15/h6-10H2,1-5H3. The molecule has 4 nitrogen and oxygen atoms in total. The molecular formula is C14H25NO3S. The van der Waals surface area contributed by atoms with E-state index in [2.05, 4.69) is 18.7 Å². The lowest BCUT2D eigenvalue weighted by Crippen LogP contribution is -2.48. The van der Waals surface area contributed by atoms with Gasteiger partial charge in [0.25, 0.3) is 0 Å². The lowest BCUT2D eigenvalue weighted by Gasteiger charge is -2.38. The molecule has 1 heterocycles. The summed E-state index contributed by atoms with van der Waals surface area (Å²) in [7, 11) is 0. The molecule has 0 aromatic rings. The molecule has 1 fully saturated rings. The fraction of sp³-hybridized carbons (Fsp3) is 0.857.